The van der Waals surface area contributed by atoms with Crippen LogP contribution in [0.15, 0.2) is 154 Å². The molecule has 3 heterocycles. The number of fused-ring (bicyclic) bond motifs is 2. The molecule has 0 atom stereocenters. The van der Waals surface area contributed by atoms with Crippen LogP contribution in [0.3, 0.4) is 0 Å². The summed E-state index contributed by atoms with van der Waals surface area (Å²) in [5.74, 6) is 1.32. The number of rotatable bonds is 6. The third kappa shape index (κ3) is 5.38. The molecule has 4 nitrogen and oxygen atoms in total. The topological polar surface area (TPSA) is 52.1 Å². The maximum atomic E-state index is 6.76. The van der Waals surface area contributed by atoms with E-state index in [2.05, 4.69) is 148 Å². The van der Waals surface area contributed by atoms with E-state index >= 15 is 0 Å². The van der Waals surface area contributed by atoms with Crippen molar-refractivity contribution in [2.24, 2.45) is 0 Å². The molecule has 0 fully saturated rings. The first-order chi connectivity index (χ1) is 24.8. The average Bonchev–Trinajstić information content (AvgIpc) is 3.82. The van der Waals surface area contributed by atoms with E-state index in [0.717, 1.165) is 77.1 Å². The molecule has 0 saturated heterocycles. The number of aromatic nitrogens is 2. The molecular weight excluding hydrogens is 641 g/mol. The van der Waals surface area contributed by atoms with Crippen LogP contribution in [0.2, 0.25) is 13.1 Å². The van der Waals surface area contributed by atoms with Crippen LogP contribution < -0.4 is 0 Å². The standard InChI is InChI=1S/C46H36N2O2Si/c1-29-13-11-19-35(25-29)41-42(36-20-12-14-30(2)26-36)44(46-48-38-28-34(22-24-40(38)50-46)32-17-9-6-10-18-32)51(3,4)43(41)45-47-37-27-33(21-23-39(37)49-45)31-15-7-5-8-16-31/h5-28H,1-4H3. The average molecular weight is 677 g/mol. The highest BCUT2D eigenvalue weighted by molar-refractivity contribution is 7.12. The predicted molar refractivity (Wildman–Crippen MR) is 212 cm³/mol. The normalized spacial score (nSPS) is 14.3. The maximum Gasteiger partial charge on any atom is 0.220 e. The second kappa shape index (κ2) is 12.1. The van der Waals surface area contributed by atoms with Gasteiger partial charge < -0.3 is 8.83 Å². The monoisotopic (exact) mass is 676 g/mol. The minimum absolute atomic E-state index is 0.658. The lowest BCUT2D eigenvalue weighted by Gasteiger charge is -2.21. The molecule has 0 unspecified atom stereocenters. The van der Waals surface area contributed by atoms with Crippen LogP contribution >= 0.6 is 0 Å². The van der Waals surface area contributed by atoms with Gasteiger partial charge in [0.2, 0.25) is 11.8 Å². The van der Waals surface area contributed by atoms with E-state index in [9.17, 15) is 0 Å². The van der Waals surface area contributed by atoms with Gasteiger partial charge in [-0.2, -0.15) is 0 Å². The summed E-state index contributed by atoms with van der Waals surface area (Å²) in [6, 6.07) is 51.0. The van der Waals surface area contributed by atoms with Crippen LogP contribution in [0.5, 0.6) is 0 Å². The Hall–Kier alpha value is -6.04. The molecule has 0 amide bonds. The summed E-state index contributed by atoms with van der Waals surface area (Å²) in [4.78, 5) is 10.5. The molecule has 6 aromatic carbocycles. The van der Waals surface area contributed by atoms with Crippen molar-refractivity contribution in [2.45, 2.75) is 26.9 Å². The van der Waals surface area contributed by atoms with Gasteiger partial charge in [-0.1, -0.05) is 146 Å². The van der Waals surface area contributed by atoms with Crippen molar-refractivity contribution >= 4 is 51.8 Å². The van der Waals surface area contributed by atoms with E-state index in [1.807, 2.05) is 24.3 Å². The first-order valence-electron chi connectivity index (χ1n) is 17.4. The van der Waals surface area contributed by atoms with E-state index in [1.165, 1.54) is 11.1 Å². The van der Waals surface area contributed by atoms with E-state index in [0.29, 0.717) is 11.8 Å². The number of aryl methyl sites for hydroxylation is 2. The van der Waals surface area contributed by atoms with Gasteiger partial charge in [0.15, 0.2) is 11.2 Å². The molecule has 9 rings (SSSR count). The van der Waals surface area contributed by atoms with Gasteiger partial charge in [0.1, 0.15) is 19.1 Å². The lowest BCUT2D eigenvalue weighted by molar-refractivity contribution is 0.586. The van der Waals surface area contributed by atoms with Crippen LogP contribution in [0.25, 0.3) is 66.0 Å². The molecule has 0 spiro atoms. The van der Waals surface area contributed by atoms with Gasteiger partial charge in [0.25, 0.3) is 0 Å². The third-order valence-electron chi connectivity index (χ3n) is 10.0. The highest BCUT2D eigenvalue weighted by atomic mass is 28.3. The highest BCUT2D eigenvalue weighted by Crippen LogP contribution is 2.56. The molecule has 8 aromatic rings. The van der Waals surface area contributed by atoms with E-state index in [1.54, 1.807) is 0 Å². The zero-order chi connectivity index (χ0) is 34.7. The molecule has 0 N–H and O–H groups in total. The van der Waals surface area contributed by atoms with Crippen LogP contribution in [-0.2, 0) is 0 Å². The molecular formula is C46H36N2O2Si. The second-order valence-electron chi connectivity index (χ2n) is 14.0. The summed E-state index contributed by atoms with van der Waals surface area (Å²) >= 11 is 0. The third-order valence-corrected chi connectivity index (χ3v) is 13.5. The predicted octanol–water partition coefficient (Wildman–Crippen LogP) is 12.2. The fourth-order valence-corrected chi connectivity index (χ4v) is 10.9. The zero-order valence-corrected chi connectivity index (χ0v) is 30.1. The van der Waals surface area contributed by atoms with Crippen molar-refractivity contribution in [3.63, 3.8) is 0 Å². The lowest BCUT2D eigenvalue weighted by atomic mass is 9.90. The molecule has 246 valence electrons. The van der Waals surface area contributed by atoms with Gasteiger partial charge in [0, 0.05) is 10.4 Å². The SMILES string of the molecule is Cc1cccc(C2=C(c3nc4cc(-c5ccccc5)ccc4o3)[Si](C)(C)C(c3nc4cc(-c5ccccc5)ccc4o3)=C2c2cccc(C)c2)c1. The smallest absolute Gasteiger partial charge is 0.220 e. The Labute approximate surface area is 298 Å². The van der Waals surface area contributed by atoms with Gasteiger partial charge >= 0.3 is 0 Å². The summed E-state index contributed by atoms with van der Waals surface area (Å²) in [5.41, 5.74) is 14.7. The molecule has 0 bridgehead atoms. The van der Waals surface area contributed by atoms with Crippen molar-refractivity contribution in [2.75, 3.05) is 0 Å². The summed E-state index contributed by atoms with van der Waals surface area (Å²) in [5, 5.41) is 2.29. The lowest BCUT2D eigenvalue weighted by Crippen LogP contribution is -2.29. The minimum Gasteiger partial charge on any atom is -0.437 e. The molecule has 5 heteroatoms. The molecule has 51 heavy (non-hydrogen) atoms. The Morgan fingerprint density at radius 1 is 0.412 bits per heavy atom. The number of allylic oxidation sites excluding steroid dienone is 2. The Balaban J connectivity index is 1.30. The number of hydrogen-bond acceptors (Lipinski definition) is 4. The summed E-state index contributed by atoms with van der Waals surface area (Å²) in [7, 11) is -2.64. The van der Waals surface area contributed by atoms with Crippen LogP contribution in [0.1, 0.15) is 34.0 Å². The molecule has 1 aliphatic heterocycles. The van der Waals surface area contributed by atoms with Gasteiger partial charge in [0.05, 0.1) is 0 Å². The van der Waals surface area contributed by atoms with Gasteiger partial charge in [-0.15, -0.1) is 0 Å². The van der Waals surface area contributed by atoms with Crippen molar-refractivity contribution in [3.8, 4) is 22.3 Å². The highest BCUT2D eigenvalue weighted by Gasteiger charge is 2.48. The van der Waals surface area contributed by atoms with Crippen LogP contribution in [0, 0.1) is 13.8 Å². The van der Waals surface area contributed by atoms with Crippen LogP contribution in [-0.4, -0.2) is 18.0 Å². The largest absolute Gasteiger partial charge is 0.437 e. The summed E-state index contributed by atoms with van der Waals surface area (Å²) < 4.78 is 13.5. The summed E-state index contributed by atoms with van der Waals surface area (Å²) in [6.07, 6.45) is 0. The molecule has 0 radical (unpaired) electrons. The Morgan fingerprint density at radius 2 is 0.824 bits per heavy atom. The fourth-order valence-electron chi connectivity index (χ4n) is 7.62. The van der Waals surface area contributed by atoms with Gasteiger partial charge in [-0.05, 0) is 82.6 Å². The molecule has 0 saturated carbocycles. The van der Waals surface area contributed by atoms with Gasteiger partial charge in [-0.3, -0.25) is 0 Å². The Morgan fingerprint density at radius 3 is 1.24 bits per heavy atom. The fraction of sp³-hybridized carbons (Fsp3) is 0.0870. The Bertz CT molecular complexity index is 2490. The number of hydrogen-bond donors (Lipinski definition) is 0. The van der Waals surface area contributed by atoms with Crippen molar-refractivity contribution in [3.05, 3.63) is 180 Å². The van der Waals surface area contributed by atoms with E-state index in [-0.39, 0.29) is 0 Å². The molecule has 1 aliphatic rings. The first kappa shape index (κ1) is 31.0. The molecule has 2 aromatic heterocycles. The minimum atomic E-state index is -2.64. The maximum absolute atomic E-state index is 6.76. The van der Waals surface area contributed by atoms with E-state index in [4.69, 9.17) is 18.8 Å². The van der Waals surface area contributed by atoms with Crippen LogP contribution in [0.4, 0.5) is 0 Å². The van der Waals surface area contributed by atoms with E-state index < -0.39 is 8.07 Å². The number of oxazole rings is 2. The summed E-state index contributed by atoms with van der Waals surface area (Å²) in [6.45, 7) is 9.05. The molecule has 0 aliphatic carbocycles. The number of nitrogens with zero attached hydrogens (tertiary/aromatic N) is 2. The van der Waals surface area contributed by atoms with Crippen molar-refractivity contribution in [1.29, 1.82) is 0 Å². The quantitative estimate of drug-likeness (QED) is 0.165. The van der Waals surface area contributed by atoms with Crippen molar-refractivity contribution in [1.82, 2.24) is 9.97 Å². The van der Waals surface area contributed by atoms with Crippen molar-refractivity contribution < 1.29 is 8.83 Å². The Kier molecular flexibility index (Phi) is 7.33. The first-order valence-corrected chi connectivity index (χ1v) is 20.4. The number of benzene rings is 6. The zero-order valence-electron chi connectivity index (χ0n) is 29.1. The van der Waals surface area contributed by atoms with Gasteiger partial charge in [-0.25, -0.2) is 9.97 Å². The second-order valence-corrected chi connectivity index (χ2v) is 18.2.